The zero-order valence-corrected chi connectivity index (χ0v) is 15.3. The third-order valence-corrected chi connectivity index (χ3v) is 8.76. The van der Waals surface area contributed by atoms with E-state index in [2.05, 4.69) is 59.5 Å². The molecule has 1 aromatic carbocycles. The van der Waals surface area contributed by atoms with Gasteiger partial charge in [-0.15, -0.1) is 6.58 Å². The average molecular weight is 307 g/mol. The summed E-state index contributed by atoms with van der Waals surface area (Å²) in [5.74, 6) is 0. The first-order chi connectivity index (χ1) is 9.67. The van der Waals surface area contributed by atoms with E-state index in [0.29, 0.717) is 6.61 Å². The largest absolute Gasteiger partial charge is 0.408 e. The minimum Gasteiger partial charge on any atom is -0.408 e. The monoisotopic (exact) mass is 306 g/mol. The van der Waals surface area contributed by atoms with Gasteiger partial charge in [0.2, 0.25) is 0 Å². The fourth-order valence-electron chi connectivity index (χ4n) is 1.75. The van der Waals surface area contributed by atoms with Gasteiger partial charge in [-0.3, -0.25) is 0 Å². The van der Waals surface area contributed by atoms with E-state index in [1.54, 1.807) is 0 Å². The van der Waals surface area contributed by atoms with Gasteiger partial charge in [0, 0.05) is 0 Å². The second kappa shape index (κ2) is 7.39. The van der Waals surface area contributed by atoms with Crippen molar-refractivity contribution in [3.05, 3.63) is 48.6 Å². The molecular formula is C18H30O2Si. The van der Waals surface area contributed by atoms with Gasteiger partial charge in [-0.25, -0.2) is 0 Å². The molecule has 0 aromatic heterocycles. The van der Waals surface area contributed by atoms with Crippen molar-refractivity contribution in [1.82, 2.24) is 0 Å². The van der Waals surface area contributed by atoms with Gasteiger partial charge in [-0.05, 0) is 30.6 Å². The van der Waals surface area contributed by atoms with Crippen LogP contribution in [0.4, 0.5) is 0 Å². The second-order valence-electron chi connectivity index (χ2n) is 7.08. The molecule has 0 aliphatic rings. The van der Waals surface area contributed by atoms with Crippen LogP contribution in [0.2, 0.25) is 18.1 Å². The molecule has 2 atom stereocenters. The molecule has 0 amide bonds. The first kappa shape index (κ1) is 18.1. The lowest BCUT2D eigenvalue weighted by Crippen LogP contribution is -2.46. The molecule has 118 valence electrons. The van der Waals surface area contributed by atoms with Gasteiger partial charge < -0.3 is 9.16 Å². The Balaban J connectivity index is 2.61. The van der Waals surface area contributed by atoms with E-state index >= 15 is 0 Å². The molecule has 0 radical (unpaired) electrons. The third-order valence-electron chi connectivity index (χ3n) is 4.29. The molecular weight excluding hydrogens is 276 g/mol. The van der Waals surface area contributed by atoms with E-state index < -0.39 is 8.32 Å². The van der Waals surface area contributed by atoms with E-state index in [0.717, 1.165) is 0 Å². The summed E-state index contributed by atoms with van der Waals surface area (Å²) in [5.41, 5.74) is 1.18. The summed E-state index contributed by atoms with van der Waals surface area (Å²) in [7, 11) is -1.81. The van der Waals surface area contributed by atoms with Crippen LogP contribution in [0.25, 0.3) is 0 Å². The first-order valence-corrected chi connectivity index (χ1v) is 10.5. The molecule has 2 nitrogen and oxygen atoms in total. The molecule has 0 spiro atoms. The number of hydrogen-bond donors (Lipinski definition) is 0. The molecule has 1 rings (SSSR count). The lowest BCUT2D eigenvalue weighted by Gasteiger charge is -2.40. The molecule has 21 heavy (non-hydrogen) atoms. The van der Waals surface area contributed by atoms with Gasteiger partial charge in [-0.2, -0.15) is 0 Å². The van der Waals surface area contributed by atoms with Crippen molar-refractivity contribution in [2.24, 2.45) is 0 Å². The summed E-state index contributed by atoms with van der Waals surface area (Å²) in [4.78, 5) is 0. The lowest BCUT2D eigenvalue weighted by atomic mass is 10.2. The van der Waals surface area contributed by atoms with Crippen LogP contribution >= 0.6 is 0 Å². The van der Waals surface area contributed by atoms with Crippen molar-refractivity contribution in [3.63, 3.8) is 0 Å². The highest BCUT2D eigenvalue weighted by atomic mass is 28.4. The van der Waals surface area contributed by atoms with Gasteiger partial charge in [0.1, 0.15) is 0 Å². The fourth-order valence-corrected chi connectivity index (χ4v) is 3.07. The van der Waals surface area contributed by atoms with Crippen molar-refractivity contribution in [2.75, 3.05) is 0 Å². The molecule has 0 heterocycles. The highest BCUT2D eigenvalue weighted by Gasteiger charge is 2.39. The smallest absolute Gasteiger partial charge is 0.193 e. The molecule has 1 aromatic rings. The Bertz CT molecular complexity index is 434. The molecule has 0 bridgehead atoms. The summed E-state index contributed by atoms with van der Waals surface area (Å²) >= 11 is 0. The van der Waals surface area contributed by atoms with Crippen molar-refractivity contribution >= 4 is 8.32 Å². The number of benzene rings is 1. The first-order valence-electron chi connectivity index (χ1n) is 7.63. The van der Waals surface area contributed by atoms with Gasteiger partial charge >= 0.3 is 0 Å². The highest BCUT2D eigenvalue weighted by Crippen LogP contribution is 2.37. The maximum absolute atomic E-state index is 6.40. The predicted octanol–water partition coefficient (Wildman–Crippen LogP) is 5.17. The van der Waals surface area contributed by atoms with Crippen molar-refractivity contribution in [3.8, 4) is 0 Å². The minimum atomic E-state index is -1.81. The Kier molecular flexibility index (Phi) is 6.38. The van der Waals surface area contributed by atoms with Crippen molar-refractivity contribution < 1.29 is 9.16 Å². The molecule has 0 aliphatic carbocycles. The third kappa shape index (κ3) is 5.42. The standard InChI is InChI=1S/C18H30O2Si/c1-8-17(20-21(6,7)18(3,4)5)15(2)19-14-16-12-10-9-11-13-16/h8-13,15,17H,1,14H2,2-7H3/t15-,17-/m0/s1. The average Bonchev–Trinajstić information content (AvgIpc) is 2.42. The predicted molar refractivity (Wildman–Crippen MR) is 93.0 cm³/mol. The molecule has 3 heteroatoms. The van der Waals surface area contributed by atoms with E-state index in [4.69, 9.17) is 9.16 Å². The van der Waals surface area contributed by atoms with Crippen LogP contribution in [0.15, 0.2) is 43.0 Å². The van der Waals surface area contributed by atoms with Gasteiger partial charge in [0.05, 0.1) is 18.8 Å². The summed E-state index contributed by atoms with van der Waals surface area (Å²) in [5, 5.41) is 0.188. The van der Waals surface area contributed by atoms with E-state index in [-0.39, 0.29) is 17.2 Å². The number of rotatable bonds is 7. The van der Waals surface area contributed by atoms with Crippen LogP contribution in [0.5, 0.6) is 0 Å². The normalized spacial score (nSPS) is 15.5. The number of ether oxygens (including phenoxy) is 1. The van der Waals surface area contributed by atoms with Gasteiger partial charge in [-0.1, -0.05) is 57.2 Å². The Morgan fingerprint density at radius 3 is 2.24 bits per heavy atom. The van der Waals surface area contributed by atoms with Crippen LogP contribution in [-0.4, -0.2) is 20.5 Å². The van der Waals surface area contributed by atoms with Crippen molar-refractivity contribution in [2.45, 2.75) is 64.6 Å². The molecule has 0 saturated heterocycles. The topological polar surface area (TPSA) is 18.5 Å². The maximum Gasteiger partial charge on any atom is 0.193 e. The minimum absolute atomic E-state index is 0.00293. The Hall–Kier alpha value is -0.903. The highest BCUT2D eigenvalue weighted by molar-refractivity contribution is 6.74. The second-order valence-corrected chi connectivity index (χ2v) is 11.8. The summed E-state index contributed by atoms with van der Waals surface area (Å²) in [6, 6.07) is 10.2. The number of hydrogen-bond acceptors (Lipinski definition) is 2. The van der Waals surface area contributed by atoms with E-state index in [1.165, 1.54) is 5.56 Å². The Labute approximate surface area is 131 Å². The Morgan fingerprint density at radius 2 is 1.76 bits per heavy atom. The molecule has 0 saturated carbocycles. The zero-order valence-electron chi connectivity index (χ0n) is 14.3. The molecule has 0 unspecified atom stereocenters. The lowest BCUT2D eigenvalue weighted by molar-refractivity contribution is -0.0103. The molecule has 0 fully saturated rings. The van der Waals surface area contributed by atoms with Crippen LogP contribution in [0.1, 0.15) is 33.3 Å². The molecule has 0 aliphatic heterocycles. The zero-order chi connectivity index (χ0) is 16.1. The van der Waals surface area contributed by atoms with Gasteiger partial charge in [0.25, 0.3) is 0 Å². The maximum atomic E-state index is 6.40. The quantitative estimate of drug-likeness (QED) is 0.511. The van der Waals surface area contributed by atoms with Crippen LogP contribution in [0, 0.1) is 0 Å². The Morgan fingerprint density at radius 1 is 1.19 bits per heavy atom. The summed E-state index contributed by atoms with van der Waals surface area (Å²) < 4.78 is 12.4. The van der Waals surface area contributed by atoms with Crippen LogP contribution < -0.4 is 0 Å². The van der Waals surface area contributed by atoms with Crippen molar-refractivity contribution in [1.29, 1.82) is 0 Å². The van der Waals surface area contributed by atoms with E-state index in [1.807, 2.05) is 24.3 Å². The molecule has 0 N–H and O–H groups in total. The van der Waals surface area contributed by atoms with E-state index in [9.17, 15) is 0 Å². The van der Waals surface area contributed by atoms with Gasteiger partial charge in [0.15, 0.2) is 8.32 Å². The summed E-state index contributed by atoms with van der Waals surface area (Å²) in [6.07, 6.45) is 1.81. The SMILES string of the molecule is C=C[C@H](O[Si](C)(C)C(C)(C)C)[C@H](C)OCc1ccccc1. The summed E-state index contributed by atoms with van der Waals surface area (Å²) in [6.45, 7) is 17.8. The van der Waals surface area contributed by atoms with Crippen LogP contribution in [-0.2, 0) is 15.8 Å². The van der Waals surface area contributed by atoms with Crippen LogP contribution in [0.3, 0.4) is 0 Å². The fraction of sp³-hybridized carbons (Fsp3) is 0.556.